The van der Waals surface area contributed by atoms with Crippen molar-refractivity contribution in [2.45, 2.75) is 83.5 Å². The topological polar surface area (TPSA) is 41.6 Å². The number of ether oxygens (including phenoxy) is 1. The number of hydrogen-bond acceptors (Lipinski definition) is 4. The third-order valence-corrected chi connectivity index (χ3v) is 5.74. The van der Waals surface area contributed by atoms with E-state index in [2.05, 4.69) is 18.5 Å². The van der Waals surface area contributed by atoms with Crippen molar-refractivity contribution in [2.24, 2.45) is 5.92 Å². The molecule has 23 heavy (non-hydrogen) atoms. The van der Waals surface area contributed by atoms with E-state index in [0.29, 0.717) is 24.0 Å². The lowest BCUT2D eigenvalue weighted by Gasteiger charge is -2.35. The second-order valence-electron chi connectivity index (χ2n) is 8.11. The van der Waals surface area contributed by atoms with Crippen molar-refractivity contribution in [3.8, 4) is 0 Å². The van der Waals surface area contributed by atoms with Crippen molar-refractivity contribution in [3.63, 3.8) is 0 Å². The molecule has 1 N–H and O–H groups in total. The van der Waals surface area contributed by atoms with Crippen molar-refractivity contribution in [1.29, 1.82) is 0 Å². The fourth-order valence-electron chi connectivity index (χ4n) is 4.10. The molecule has 0 aromatic carbocycles. The molecule has 4 unspecified atom stereocenters. The van der Waals surface area contributed by atoms with Gasteiger partial charge in [0.15, 0.2) is 0 Å². The predicted octanol–water partition coefficient (Wildman–Crippen LogP) is 3.90. The van der Waals surface area contributed by atoms with Crippen LogP contribution >= 0.6 is 11.8 Å². The van der Waals surface area contributed by atoms with Crippen LogP contribution in [0.1, 0.15) is 59.8 Å². The molecule has 4 atom stereocenters. The molecule has 2 fully saturated rings. The van der Waals surface area contributed by atoms with E-state index >= 15 is 0 Å². The summed E-state index contributed by atoms with van der Waals surface area (Å²) in [5.74, 6) is 1.72. The highest BCUT2D eigenvalue weighted by atomic mass is 32.2. The van der Waals surface area contributed by atoms with E-state index in [0.717, 1.165) is 25.1 Å². The largest absolute Gasteiger partial charge is 0.444 e. The van der Waals surface area contributed by atoms with E-state index in [9.17, 15) is 4.79 Å². The van der Waals surface area contributed by atoms with Gasteiger partial charge in [-0.2, -0.15) is 11.8 Å². The molecule has 1 saturated carbocycles. The van der Waals surface area contributed by atoms with Gasteiger partial charge in [0.1, 0.15) is 5.60 Å². The summed E-state index contributed by atoms with van der Waals surface area (Å²) >= 11 is 1.89. The average molecular weight is 343 g/mol. The zero-order valence-electron chi connectivity index (χ0n) is 15.4. The number of thioether (sulfide) groups is 1. The number of rotatable bonds is 5. The smallest absolute Gasteiger partial charge is 0.410 e. The Bertz CT molecular complexity index is 397. The number of nitrogens with zero attached hydrogens (tertiary/aromatic N) is 1. The Labute approximate surface area is 146 Å². The van der Waals surface area contributed by atoms with Crippen LogP contribution in [0.5, 0.6) is 0 Å². The van der Waals surface area contributed by atoms with Gasteiger partial charge in [-0.05, 0) is 65.6 Å². The molecule has 0 radical (unpaired) electrons. The molecule has 1 amide bonds. The van der Waals surface area contributed by atoms with Crippen molar-refractivity contribution < 1.29 is 9.53 Å². The lowest BCUT2D eigenvalue weighted by Crippen LogP contribution is -2.49. The fourth-order valence-corrected chi connectivity index (χ4v) is 4.70. The third kappa shape index (κ3) is 5.28. The highest BCUT2D eigenvalue weighted by molar-refractivity contribution is 7.98. The quantitative estimate of drug-likeness (QED) is 0.823. The van der Waals surface area contributed by atoms with E-state index in [-0.39, 0.29) is 6.09 Å². The van der Waals surface area contributed by atoms with Gasteiger partial charge in [-0.15, -0.1) is 0 Å². The number of amides is 1. The van der Waals surface area contributed by atoms with Gasteiger partial charge in [0.25, 0.3) is 0 Å². The van der Waals surface area contributed by atoms with E-state index < -0.39 is 5.60 Å². The Morgan fingerprint density at radius 1 is 1.30 bits per heavy atom. The first-order valence-corrected chi connectivity index (χ1v) is 10.5. The molecule has 1 aliphatic heterocycles. The van der Waals surface area contributed by atoms with Crippen molar-refractivity contribution >= 4 is 17.9 Å². The predicted molar refractivity (Wildman–Crippen MR) is 98.1 cm³/mol. The van der Waals surface area contributed by atoms with Gasteiger partial charge in [-0.1, -0.05) is 6.42 Å². The molecule has 1 heterocycles. The fraction of sp³-hybridized carbons (Fsp3) is 0.944. The van der Waals surface area contributed by atoms with Crippen LogP contribution in [-0.4, -0.2) is 53.3 Å². The van der Waals surface area contributed by atoms with Crippen molar-refractivity contribution in [1.82, 2.24) is 10.2 Å². The molecular weight excluding hydrogens is 308 g/mol. The van der Waals surface area contributed by atoms with Crippen LogP contribution in [0.2, 0.25) is 0 Å². The standard InChI is InChI=1S/C18H34N2O2S/c1-13(12-23-5)19-15-9-6-8-14(15)16-10-7-11-20(16)17(21)22-18(2,3)4/h13-16,19H,6-12H2,1-5H3. The maximum atomic E-state index is 12.5. The number of carbonyl (C=O) groups is 1. The van der Waals surface area contributed by atoms with Crippen LogP contribution in [0.25, 0.3) is 0 Å². The maximum Gasteiger partial charge on any atom is 0.410 e. The molecule has 1 saturated heterocycles. The third-order valence-electron chi connectivity index (χ3n) is 4.91. The van der Waals surface area contributed by atoms with Gasteiger partial charge in [-0.3, -0.25) is 0 Å². The molecule has 5 heteroatoms. The second kappa shape index (κ2) is 8.11. The Balaban J connectivity index is 1.99. The molecule has 0 aromatic heterocycles. The number of carbonyl (C=O) groups excluding carboxylic acids is 1. The minimum absolute atomic E-state index is 0.122. The van der Waals surface area contributed by atoms with Crippen LogP contribution in [-0.2, 0) is 4.74 Å². The molecule has 134 valence electrons. The normalized spacial score (nSPS) is 29.8. The highest BCUT2D eigenvalue weighted by Gasteiger charge is 2.42. The van der Waals surface area contributed by atoms with E-state index in [1.54, 1.807) is 0 Å². The summed E-state index contributed by atoms with van der Waals surface area (Å²) in [4.78, 5) is 14.5. The van der Waals surface area contributed by atoms with Gasteiger partial charge < -0.3 is 15.0 Å². The van der Waals surface area contributed by atoms with Crippen molar-refractivity contribution in [3.05, 3.63) is 0 Å². The summed E-state index contributed by atoms with van der Waals surface area (Å²) < 4.78 is 5.63. The summed E-state index contributed by atoms with van der Waals surface area (Å²) in [6.07, 6.45) is 8.00. The summed E-state index contributed by atoms with van der Waals surface area (Å²) in [5, 5.41) is 3.81. The molecule has 0 spiro atoms. The Morgan fingerprint density at radius 2 is 2.04 bits per heavy atom. The zero-order chi connectivity index (χ0) is 17.0. The summed E-state index contributed by atoms with van der Waals surface area (Å²) in [7, 11) is 0. The Hall–Kier alpha value is -0.420. The molecule has 2 aliphatic rings. The zero-order valence-corrected chi connectivity index (χ0v) is 16.2. The van der Waals surface area contributed by atoms with E-state index in [1.165, 1.54) is 19.3 Å². The monoisotopic (exact) mass is 342 g/mol. The van der Waals surface area contributed by atoms with Crippen LogP contribution in [0.3, 0.4) is 0 Å². The molecule has 2 rings (SSSR count). The highest BCUT2D eigenvalue weighted by Crippen LogP contribution is 2.36. The first-order valence-electron chi connectivity index (χ1n) is 9.06. The lowest BCUT2D eigenvalue weighted by atomic mass is 9.92. The summed E-state index contributed by atoms with van der Waals surface area (Å²) in [6, 6.07) is 1.43. The molecule has 4 nitrogen and oxygen atoms in total. The number of hydrogen-bond donors (Lipinski definition) is 1. The molecular formula is C18H34N2O2S. The van der Waals surface area contributed by atoms with E-state index in [1.807, 2.05) is 37.4 Å². The molecule has 1 aliphatic carbocycles. The second-order valence-corrected chi connectivity index (χ2v) is 9.02. The van der Waals surface area contributed by atoms with Gasteiger partial charge >= 0.3 is 6.09 Å². The minimum atomic E-state index is -0.412. The number of nitrogens with one attached hydrogen (secondary N) is 1. The maximum absolute atomic E-state index is 12.5. The first kappa shape index (κ1) is 18.9. The van der Waals surface area contributed by atoms with Crippen LogP contribution in [0, 0.1) is 5.92 Å². The van der Waals surface area contributed by atoms with Gasteiger partial charge in [0.2, 0.25) is 0 Å². The SMILES string of the molecule is CSCC(C)NC1CCCC1C1CCCN1C(=O)OC(C)(C)C. The Kier molecular flexibility index (Phi) is 6.66. The molecule has 0 aromatic rings. The van der Waals surface area contributed by atoms with Gasteiger partial charge in [0.05, 0.1) is 0 Å². The Morgan fingerprint density at radius 3 is 2.70 bits per heavy atom. The molecule has 0 bridgehead atoms. The summed E-state index contributed by atoms with van der Waals surface area (Å²) in [5.41, 5.74) is -0.412. The van der Waals surface area contributed by atoms with Crippen molar-refractivity contribution in [2.75, 3.05) is 18.6 Å². The van der Waals surface area contributed by atoms with Crippen LogP contribution in [0.15, 0.2) is 0 Å². The van der Waals surface area contributed by atoms with Gasteiger partial charge in [-0.25, -0.2) is 4.79 Å². The first-order chi connectivity index (χ1) is 10.8. The minimum Gasteiger partial charge on any atom is -0.444 e. The lowest BCUT2D eigenvalue weighted by molar-refractivity contribution is 0.0166. The summed E-state index contributed by atoms with van der Waals surface area (Å²) in [6.45, 7) is 8.95. The average Bonchev–Trinajstić information content (AvgIpc) is 3.04. The van der Waals surface area contributed by atoms with Gasteiger partial charge in [0, 0.05) is 30.4 Å². The van der Waals surface area contributed by atoms with Crippen LogP contribution in [0.4, 0.5) is 4.79 Å². The van der Waals surface area contributed by atoms with Crippen LogP contribution < -0.4 is 5.32 Å². The number of likely N-dealkylation sites (tertiary alicyclic amines) is 1. The van der Waals surface area contributed by atoms with E-state index in [4.69, 9.17) is 4.74 Å².